The van der Waals surface area contributed by atoms with Gasteiger partial charge in [-0.05, 0) is 48.9 Å². The molecule has 124 valence electrons. The van der Waals surface area contributed by atoms with Crippen LogP contribution in [0.3, 0.4) is 0 Å². The topological polar surface area (TPSA) is 79.8 Å². The van der Waals surface area contributed by atoms with E-state index in [9.17, 15) is 9.59 Å². The number of amides is 2. The van der Waals surface area contributed by atoms with Crippen LogP contribution < -0.4 is 15.5 Å². The van der Waals surface area contributed by atoms with Crippen molar-refractivity contribution in [3.8, 4) is 5.75 Å². The molecule has 0 fully saturated rings. The van der Waals surface area contributed by atoms with Gasteiger partial charge in [0, 0.05) is 10.2 Å². The molecule has 0 bridgehead atoms. The summed E-state index contributed by atoms with van der Waals surface area (Å²) in [5.41, 5.74) is 3.46. The highest BCUT2D eigenvalue weighted by Crippen LogP contribution is 2.15. The molecule has 0 spiro atoms. The summed E-state index contributed by atoms with van der Waals surface area (Å²) in [7, 11) is 0. The first-order valence-electron chi connectivity index (χ1n) is 7.21. The van der Waals surface area contributed by atoms with E-state index in [2.05, 4.69) is 31.8 Å². The SMILES string of the molecule is CCOc1ccc(NC(=O)C(=O)NN=Cc2cccc(Br)c2)cc1. The molecule has 2 amide bonds. The van der Waals surface area contributed by atoms with Gasteiger partial charge in [0.15, 0.2) is 0 Å². The van der Waals surface area contributed by atoms with Crippen LogP contribution in [0, 0.1) is 0 Å². The number of hydrazone groups is 1. The Balaban J connectivity index is 1.86. The Labute approximate surface area is 148 Å². The van der Waals surface area contributed by atoms with E-state index >= 15 is 0 Å². The minimum absolute atomic E-state index is 0.495. The number of halogens is 1. The molecule has 2 rings (SSSR count). The van der Waals surface area contributed by atoms with Gasteiger partial charge in [0.25, 0.3) is 0 Å². The number of ether oxygens (including phenoxy) is 1. The quantitative estimate of drug-likeness (QED) is 0.468. The third-order valence-corrected chi connectivity index (χ3v) is 3.35. The van der Waals surface area contributed by atoms with E-state index in [0.717, 1.165) is 10.0 Å². The Morgan fingerprint density at radius 3 is 2.58 bits per heavy atom. The first kappa shape index (κ1) is 17.7. The average Bonchev–Trinajstić information content (AvgIpc) is 2.57. The van der Waals surface area contributed by atoms with Crippen molar-refractivity contribution in [3.05, 3.63) is 58.6 Å². The summed E-state index contributed by atoms with van der Waals surface area (Å²) in [6.07, 6.45) is 1.45. The Kier molecular flexibility index (Phi) is 6.51. The molecular formula is C17H16BrN3O3. The summed E-state index contributed by atoms with van der Waals surface area (Å²) in [6, 6.07) is 14.1. The van der Waals surface area contributed by atoms with E-state index in [1.807, 2.05) is 31.2 Å². The van der Waals surface area contributed by atoms with Crippen LogP contribution in [0.2, 0.25) is 0 Å². The van der Waals surface area contributed by atoms with Crippen LogP contribution in [0.25, 0.3) is 0 Å². The van der Waals surface area contributed by atoms with Gasteiger partial charge in [-0.3, -0.25) is 9.59 Å². The van der Waals surface area contributed by atoms with Crippen LogP contribution in [0.1, 0.15) is 12.5 Å². The highest BCUT2D eigenvalue weighted by atomic mass is 79.9. The minimum Gasteiger partial charge on any atom is -0.494 e. The Hall–Kier alpha value is -2.67. The summed E-state index contributed by atoms with van der Waals surface area (Å²) in [4.78, 5) is 23.5. The normalized spacial score (nSPS) is 10.4. The van der Waals surface area contributed by atoms with Gasteiger partial charge >= 0.3 is 11.8 Å². The number of hydrogen-bond acceptors (Lipinski definition) is 4. The number of nitrogens with one attached hydrogen (secondary N) is 2. The first-order chi connectivity index (χ1) is 11.6. The molecular weight excluding hydrogens is 374 g/mol. The average molecular weight is 390 g/mol. The molecule has 0 atom stereocenters. The molecule has 2 N–H and O–H groups in total. The Bertz CT molecular complexity index is 745. The molecule has 0 radical (unpaired) electrons. The maximum atomic E-state index is 11.8. The third-order valence-electron chi connectivity index (χ3n) is 2.86. The van der Waals surface area contributed by atoms with E-state index in [0.29, 0.717) is 18.0 Å². The number of carbonyl (C=O) groups excluding carboxylic acids is 2. The fourth-order valence-corrected chi connectivity index (χ4v) is 2.21. The monoisotopic (exact) mass is 389 g/mol. The van der Waals surface area contributed by atoms with Gasteiger partial charge in [0.05, 0.1) is 12.8 Å². The van der Waals surface area contributed by atoms with E-state index in [4.69, 9.17) is 4.74 Å². The molecule has 0 saturated carbocycles. The van der Waals surface area contributed by atoms with Crippen LogP contribution in [0.4, 0.5) is 5.69 Å². The Morgan fingerprint density at radius 1 is 1.17 bits per heavy atom. The largest absolute Gasteiger partial charge is 0.494 e. The maximum absolute atomic E-state index is 11.8. The summed E-state index contributed by atoms with van der Waals surface area (Å²) >= 11 is 3.34. The number of carbonyl (C=O) groups is 2. The molecule has 0 saturated heterocycles. The second-order valence-electron chi connectivity index (χ2n) is 4.67. The molecule has 0 aromatic heterocycles. The molecule has 24 heavy (non-hydrogen) atoms. The Morgan fingerprint density at radius 2 is 1.92 bits per heavy atom. The molecule has 0 unspecified atom stereocenters. The zero-order valence-electron chi connectivity index (χ0n) is 13.0. The summed E-state index contributed by atoms with van der Waals surface area (Å²) in [6.45, 7) is 2.44. The minimum atomic E-state index is -0.852. The second-order valence-corrected chi connectivity index (χ2v) is 5.58. The number of hydrogen-bond donors (Lipinski definition) is 2. The van der Waals surface area contributed by atoms with Gasteiger partial charge < -0.3 is 10.1 Å². The van der Waals surface area contributed by atoms with Gasteiger partial charge in [0.1, 0.15) is 5.75 Å². The van der Waals surface area contributed by atoms with Crippen molar-refractivity contribution in [1.82, 2.24) is 5.43 Å². The van der Waals surface area contributed by atoms with Crippen molar-refractivity contribution in [2.24, 2.45) is 5.10 Å². The number of anilines is 1. The zero-order chi connectivity index (χ0) is 17.4. The lowest BCUT2D eigenvalue weighted by Gasteiger charge is -2.06. The smallest absolute Gasteiger partial charge is 0.329 e. The molecule has 0 aliphatic carbocycles. The standard InChI is InChI=1S/C17H16BrN3O3/c1-2-24-15-8-6-14(7-9-15)20-16(22)17(23)21-19-11-12-4-3-5-13(18)10-12/h3-11H,2H2,1H3,(H,20,22)(H,21,23). The predicted molar refractivity (Wildman–Crippen MR) is 96.1 cm³/mol. The molecule has 6 nitrogen and oxygen atoms in total. The second kappa shape index (κ2) is 8.83. The number of rotatable bonds is 5. The maximum Gasteiger partial charge on any atom is 0.329 e. The lowest BCUT2D eigenvalue weighted by molar-refractivity contribution is -0.136. The van der Waals surface area contributed by atoms with Crippen LogP contribution in [-0.4, -0.2) is 24.6 Å². The summed E-state index contributed by atoms with van der Waals surface area (Å²) < 4.78 is 6.20. The number of benzene rings is 2. The highest BCUT2D eigenvalue weighted by Gasteiger charge is 2.12. The molecule has 2 aromatic rings. The predicted octanol–water partition coefficient (Wildman–Crippen LogP) is 2.94. The lowest BCUT2D eigenvalue weighted by atomic mass is 10.2. The molecule has 2 aromatic carbocycles. The van der Waals surface area contributed by atoms with Gasteiger partial charge in [-0.2, -0.15) is 5.10 Å². The van der Waals surface area contributed by atoms with Gasteiger partial charge in [0.2, 0.25) is 0 Å². The van der Waals surface area contributed by atoms with Crippen LogP contribution in [0.15, 0.2) is 58.1 Å². The lowest BCUT2D eigenvalue weighted by Crippen LogP contribution is -2.32. The van der Waals surface area contributed by atoms with Crippen LogP contribution in [-0.2, 0) is 9.59 Å². The van der Waals surface area contributed by atoms with Crippen molar-refractivity contribution in [2.45, 2.75) is 6.92 Å². The van der Waals surface area contributed by atoms with E-state index < -0.39 is 11.8 Å². The summed E-state index contributed by atoms with van der Waals surface area (Å²) in [5, 5.41) is 6.24. The molecule has 0 aliphatic heterocycles. The van der Waals surface area contributed by atoms with Gasteiger partial charge in [-0.25, -0.2) is 5.43 Å². The van der Waals surface area contributed by atoms with Crippen molar-refractivity contribution in [3.63, 3.8) is 0 Å². The van der Waals surface area contributed by atoms with Crippen molar-refractivity contribution in [1.29, 1.82) is 0 Å². The molecule has 0 aliphatic rings. The van der Waals surface area contributed by atoms with Crippen molar-refractivity contribution in [2.75, 3.05) is 11.9 Å². The van der Waals surface area contributed by atoms with E-state index in [-0.39, 0.29) is 0 Å². The summed E-state index contributed by atoms with van der Waals surface area (Å²) in [5.74, 6) is -0.959. The highest BCUT2D eigenvalue weighted by molar-refractivity contribution is 9.10. The molecule has 0 heterocycles. The fraction of sp³-hybridized carbons (Fsp3) is 0.118. The van der Waals surface area contributed by atoms with Crippen molar-refractivity contribution < 1.29 is 14.3 Å². The van der Waals surface area contributed by atoms with E-state index in [1.165, 1.54) is 6.21 Å². The molecule has 7 heteroatoms. The van der Waals surface area contributed by atoms with Crippen molar-refractivity contribution >= 4 is 39.6 Å². The third kappa shape index (κ3) is 5.51. The zero-order valence-corrected chi connectivity index (χ0v) is 14.5. The van der Waals surface area contributed by atoms with Gasteiger partial charge in [-0.15, -0.1) is 0 Å². The number of nitrogens with zero attached hydrogens (tertiary/aromatic N) is 1. The van der Waals surface area contributed by atoms with Crippen LogP contribution >= 0.6 is 15.9 Å². The fourth-order valence-electron chi connectivity index (χ4n) is 1.79. The first-order valence-corrected chi connectivity index (χ1v) is 8.00. The van der Waals surface area contributed by atoms with Gasteiger partial charge in [-0.1, -0.05) is 28.1 Å². The van der Waals surface area contributed by atoms with Crippen LogP contribution in [0.5, 0.6) is 5.75 Å². The van der Waals surface area contributed by atoms with E-state index in [1.54, 1.807) is 24.3 Å².